The fourth-order valence-electron chi connectivity index (χ4n) is 0.943. The molecule has 1 amide bonds. The Hall–Kier alpha value is -1.65. The molecule has 0 aliphatic carbocycles. The molecule has 2 N–H and O–H groups in total. The fourth-order valence-corrected chi connectivity index (χ4v) is 0.943. The van der Waals surface area contributed by atoms with Crippen molar-refractivity contribution in [3.63, 3.8) is 0 Å². The number of carbonyl (C=O) groups excluding carboxylic acids is 1. The number of aryl methyl sites for hydroxylation is 1. The molecule has 0 aromatic carbocycles. The van der Waals surface area contributed by atoms with Crippen LogP contribution in [-0.4, -0.2) is 29.0 Å². The van der Waals surface area contributed by atoms with Gasteiger partial charge in [-0.2, -0.15) is 0 Å². The summed E-state index contributed by atoms with van der Waals surface area (Å²) in [6, 6.07) is -0.331. The van der Waals surface area contributed by atoms with Crippen molar-refractivity contribution in [2.75, 3.05) is 12.4 Å². The third-order valence-corrected chi connectivity index (χ3v) is 1.77. The molecule has 1 aromatic rings. The SMILES string of the molecule is CNC(=O)[C@@H](C)Nc1ncc(C)cn1. The largest absolute Gasteiger partial charge is 0.357 e. The van der Waals surface area contributed by atoms with Gasteiger partial charge in [0, 0.05) is 19.4 Å². The Balaban J connectivity index is 2.60. The highest BCUT2D eigenvalue weighted by atomic mass is 16.2. The van der Waals surface area contributed by atoms with Crippen LogP contribution in [0.4, 0.5) is 5.95 Å². The minimum atomic E-state index is -0.331. The number of rotatable bonds is 3. The van der Waals surface area contributed by atoms with Crippen molar-refractivity contribution in [1.82, 2.24) is 15.3 Å². The molecule has 1 heterocycles. The Bertz CT molecular complexity index is 309. The number of hydrogen-bond donors (Lipinski definition) is 2. The Kier molecular flexibility index (Phi) is 3.39. The van der Waals surface area contributed by atoms with Gasteiger partial charge in [-0.15, -0.1) is 0 Å². The monoisotopic (exact) mass is 194 g/mol. The van der Waals surface area contributed by atoms with Crippen LogP contribution < -0.4 is 10.6 Å². The molecule has 0 aliphatic heterocycles. The normalized spacial score (nSPS) is 11.9. The molecule has 0 unspecified atom stereocenters. The molecule has 0 aliphatic rings. The Labute approximate surface area is 83.0 Å². The molecule has 0 saturated heterocycles. The van der Waals surface area contributed by atoms with Crippen LogP contribution in [0.2, 0.25) is 0 Å². The third kappa shape index (κ3) is 2.69. The van der Waals surface area contributed by atoms with Gasteiger partial charge in [-0.05, 0) is 19.4 Å². The van der Waals surface area contributed by atoms with Crippen molar-refractivity contribution in [3.05, 3.63) is 18.0 Å². The molecule has 1 rings (SSSR count). The van der Waals surface area contributed by atoms with Gasteiger partial charge >= 0.3 is 0 Å². The van der Waals surface area contributed by atoms with Gasteiger partial charge in [0.15, 0.2) is 0 Å². The number of nitrogens with one attached hydrogen (secondary N) is 2. The minimum Gasteiger partial charge on any atom is -0.357 e. The maximum absolute atomic E-state index is 11.2. The molecule has 0 bridgehead atoms. The van der Waals surface area contributed by atoms with Gasteiger partial charge in [0.25, 0.3) is 0 Å². The van der Waals surface area contributed by atoms with E-state index in [4.69, 9.17) is 0 Å². The van der Waals surface area contributed by atoms with Crippen LogP contribution in [-0.2, 0) is 4.79 Å². The van der Waals surface area contributed by atoms with Gasteiger partial charge in [-0.25, -0.2) is 9.97 Å². The number of amides is 1. The lowest BCUT2D eigenvalue weighted by atomic mass is 10.3. The summed E-state index contributed by atoms with van der Waals surface area (Å²) in [5.74, 6) is 0.376. The maximum Gasteiger partial charge on any atom is 0.242 e. The first-order valence-corrected chi connectivity index (χ1v) is 4.40. The van der Waals surface area contributed by atoms with Gasteiger partial charge in [-0.1, -0.05) is 0 Å². The second-order valence-corrected chi connectivity index (χ2v) is 3.06. The molecule has 1 aromatic heterocycles. The van der Waals surface area contributed by atoms with Crippen molar-refractivity contribution < 1.29 is 4.79 Å². The van der Waals surface area contributed by atoms with Gasteiger partial charge in [0.1, 0.15) is 6.04 Å². The average Bonchev–Trinajstić information content (AvgIpc) is 2.20. The maximum atomic E-state index is 11.2. The number of nitrogens with zero attached hydrogens (tertiary/aromatic N) is 2. The van der Waals surface area contributed by atoms with E-state index in [0.717, 1.165) is 5.56 Å². The van der Waals surface area contributed by atoms with Crippen LogP contribution in [0.5, 0.6) is 0 Å². The lowest BCUT2D eigenvalue weighted by molar-refractivity contribution is -0.121. The molecular weight excluding hydrogens is 180 g/mol. The molecule has 5 nitrogen and oxygen atoms in total. The number of hydrogen-bond acceptors (Lipinski definition) is 4. The summed E-state index contributed by atoms with van der Waals surface area (Å²) in [5, 5.41) is 5.42. The quantitative estimate of drug-likeness (QED) is 0.727. The fraction of sp³-hybridized carbons (Fsp3) is 0.444. The summed E-state index contributed by atoms with van der Waals surface area (Å²) in [4.78, 5) is 19.2. The van der Waals surface area contributed by atoms with E-state index in [-0.39, 0.29) is 11.9 Å². The predicted octanol–water partition coefficient (Wildman–Crippen LogP) is 0.331. The number of likely N-dealkylation sites (N-methyl/N-ethyl adjacent to an activating group) is 1. The zero-order chi connectivity index (χ0) is 10.6. The van der Waals surface area contributed by atoms with Gasteiger partial charge in [0.2, 0.25) is 11.9 Å². The van der Waals surface area contributed by atoms with E-state index in [1.165, 1.54) is 0 Å². The molecule has 0 radical (unpaired) electrons. The zero-order valence-corrected chi connectivity index (χ0v) is 8.53. The molecule has 0 fully saturated rings. The Morgan fingerprint density at radius 1 is 1.43 bits per heavy atom. The van der Waals surface area contributed by atoms with Gasteiger partial charge in [-0.3, -0.25) is 4.79 Å². The van der Waals surface area contributed by atoms with Crippen LogP contribution >= 0.6 is 0 Å². The van der Waals surface area contributed by atoms with Crippen molar-refractivity contribution in [2.24, 2.45) is 0 Å². The molecule has 0 saturated carbocycles. The van der Waals surface area contributed by atoms with Crippen LogP contribution in [0.3, 0.4) is 0 Å². The summed E-state index contributed by atoms with van der Waals surface area (Å²) in [6.07, 6.45) is 3.40. The van der Waals surface area contributed by atoms with Crippen molar-refractivity contribution in [3.8, 4) is 0 Å². The first kappa shape index (κ1) is 10.4. The lowest BCUT2D eigenvalue weighted by Crippen LogP contribution is -2.35. The summed E-state index contributed by atoms with van der Waals surface area (Å²) in [6.45, 7) is 3.66. The highest BCUT2D eigenvalue weighted by Gasteiger charge is 2.10. The third-order valence-electron chi connectivity index (χ3n) is 1.77. The van der Waals surface area contributed by atoms with Crippen molar-refractivity contribution in [1.29, 1.82) is 0 Å². The number of aromatic nitrogens is 2. The van der Waals surface area contributed by atoms with E-state index in [2.05, 4.69) is 20.6 Å². The summed E-state index contributed by atoms with van der Waals surface area (Å²) < 4.78 is 0. The van der Waals surface area contributed by atoms with E-state index in [0.29, 0.717) is 5.95 Å². The van der Waals surface area contributed by atoms with Crippen molar-refractivity contribution in [2.45, 2.75) is 19.9 Å². The molecule has 14 heavy (non-hydrogen) atoms. The predicted molar refractivity (Wildman–Crippen MR) is 53.9 cm³/mol. The second kappa shape index (κ2) is 4.55. The highest BCUT2D eigenvalue weighted by molar-refractivity contribution is 5.83. The van der Waals surface area contributed by atoms with Crippen molar-refractivity contribution >= 4 is 11.9 Å². The smallest absolute Gasteiger partial charge is 0.242 e. The highest BCUT2D eigenvalue weighted by Crippen LogP contribution is 2.00. The molecule has 1 atom stereocenters. The zero-order valence-electron chi connectivity index (χ0n) is 8.53. The Morgan fingerprint density at radius 3 is 2.50 bits per heavy atom. The van der Waals surface area contributed by atoms with Gasteiger partial charge in [0.05, 0.1) is 0 Å². The summed E-state index contributed by atoms with van der Waals surface area (Å²) >= 11 is 0. The van der Waals surface area contributed by atoms with Gasteiger partial charge < -0.3 is 10.6 Å². The molecular formula is C9H14N4O. The number of carbonyl (C=O) groups is 1. The summed E-state index contributed by atoms with van der Waals surface area (Å²) in [7, 11) is 1.59. The van der Waals surface area contributed by atoms with Crippen LogP contribution in [0, 0.1) is 6.92 Å². The lowest BCUT2D eigenvalue weighted by Gasteiger charge is -2.11. The van der Waals surface area contributed by atoms with Crippen LogP contribution in [0.1, 0.15) is 12.5 Å². The van der Waals surface area contributed by atoms with E-state index >= 15 is 0 Å². The first-order chi connectivity index (χ1) is 6.63. The topological polar surface area (TPSA) is 66.9 Å². The summed E-state index contributed by atoms with van der Waals surface area (Å²) in [5.41, 5.74) is 0.989. The standard InChI is InChI=1S/C9H14N4O/c1-6-4-11-9(12-5-6)13-7(2)8(14)10-3/h4-5,7H,1-3H3,(H,10,14)(H,11,12,13)/t7-/m1/s1. The van der Waals surface area contributed by atoms with E-state index in [1.54, 1.807) is 26.4 Å². The molecule has 76 valence electrons. The van der Waals surface area contributed by atoms with Crippen LogP contribution in [0.25, 0.3) is 0 Å². The van der Waals surface area contributed by atoms with Crippen LogP contribution in [0.15, 0.2) is 12.4 Å². The van der Waals surface area contributed by atoms with E-state index < -0.39 is 0 Å². The Morgan fingerprint density at radius 2 is 2.00 bits per heavy atom. The van der Waals surface area contributed by atoms with E-state index in [1.807, 2.05) is 6.92 Å². The minimum absolute atomic E-state index is 0.0887. The molecule has 5 heteroatoms. The molecule has 0 spiro atoms. The second-order valence-electron chi connectivity index (χ2n) is 3.06. The number of anilines is 1. The average molecular weight is 194 g/mol. The first-order valence-electron chi connectivity index (χ1n) is 4.40. The van der Waals surface area contributed by atoms with E-state index in [9.17, 15) is 4.79 Å².